The molecule has 0 atom stereocenters. The molecule has 1 aliphatic heterocycles. The van der Waals surface area contributed by atoms with Gasteiger partial charge in [0, 0.05) is 48.3 Å². The highest BCUT2D eigenvalue weighted by Gasteiger charge is 2.68. The predicted octanol–water partition coefficient (Wildman–Crippen LogP) is 5.05. The molecule has 31 heavy (non-hydrogen) atoms. The molecule has 1 saturated carbocycles. The standard InChI is InChI=1S/C26H38N2O3/c1-25(2)24(26(25,3)4)23(29)21-17-28(16-18-9-13-30-14-10-18)22-8-7-19(15-20(21)22)31-12-6-5-11-27/h7-8,15,17-18,24H,5-6,9-14,16,27H2,1-4H3. The Morgan fingerprint density at radius 3 is 2.52 bits per heavy atom. The number of nitrogens with two attached hydrogens (primary N) is 1. The number of hydrogen-bond donors (Lipinski definition) is 1. The molecule has 1 aliphatic carbocycles. The third kappa shape index (κ3) is 4.14. The first-order valence-corrected chi connectivity index (χ1v) is 11.8. The number of fused-ring (bicyclic) bond motifs is 1. The zero-order chi connectivity index (χ0) is 22.2. The van der Waals surface area contributed by atoms with Crippen LogP contribution in [0.4, 0.5) is 0 Å². The molecule has 170 valence electrons. The molecule has 1 saturated heterocycles. The van der Waals surface area contributed by atoms with Crippen LogP contribution in [0.15, 0.2) is 24.4 Å². The summed E-state index contributed by atoms with van der Waals surface area (Å²) in [6.07, 6.45) is 6.15. The van der Waals surface area contributed by atoms with E-state index in [-0.39, 0.29) is 22.5 Å². The van der Waals surface area contributed by atoms with Crippen LogP contribution in [0.2, 0.25) is 0 Å². The van der Waals surface area contributed by atoms with E-state index in [0.717, 1.165) is 67.7 Å². The molecule has 1 aromatic carbocycles. The minimum atomic E-state index is 0.0234. The summed E-state index contributed by atoms with van der Waals surface area (Å²) in [6.45, 7) is 12.8. The van der Waals surface area contributed by atoms with E-state index in [1.54, 1.807) is 0 Å². The van der Waals surface area contributed by atoms with Gasteiger partial charge in [0.1, 0.15) is 5.75 Å². The van der Waals surface area contributed by atoms with Crippen molar-refractivity contribution in [2.24, 2.45) is 28.4 Å². The number of benzene rings is 1. The summed E-state index contributed by atoms with van der Waals surface area (Å²) in [7, 11) is 0. The molecule has 0 unspecified atom stereocenters. The van der Waals surface area contributed by atoms with E-state index < -0.39 is 0 Å². The van der Waals surface area contributed by atoms with E-state index in [0.29, 0.717) is 19.1 Å². The van der Waals surface area contributed by atoms with Crippen LogP contribution in [0.25, 0.3) is 10.9 Å². The molecule has 2 N–H and O–H groups in total. The quantitative estimate of drug-likeness (QED) is 0.450. The molecule has 0 bridgehead atoms. The highest BCUT2D eigenvalue weighted by molar-refractivity contribution is 6.11. The van der Waals surface area contributed by atoms with Gasteiger partial charge in [-0.05, 0) is 67.2 Å². The smallest absolute Gasteiger partial charge is 0.169 e. The van der Waals surface area contributed by atoms with Crippen molar-refractivity contribution in [3.8, 4) is 5.75 Å². The molecule has 2 heterocycles. The first-order valence-electron chi connectivity index (χ1n) is 11.8. The van der Waals surface area contributed by atoms with Crippen LogP contribution in [-0.2, 0) is 11.3 Å². The Labute approximate surface area is 186 Å². The van der Waals surface area contributed by atoms with Gasteiger partial charge in [-0.2, -0.15) is 0 Å². The second-order valence-electron chi connectivity index (χ2n) is 10.5. The Balaban J connectivity index is 1.65. The van der Waals surface area contributed by atoms with Gasteiger partial charge in [0.25, 0.3) is 0 Å². The average Bonchev–Trinajstić information content (AvgIpc) is 2.99. The lowest BCUT2D eigenvalue weighted by atomic mass is 10.0. The summed E-state index contributed by atoms with van der Waals surface area (Å²) in [6, 6.07) is 6.21. The Morgan fingerprint density at radius 1 is 1.16 bits per heavy atom. The van der Waals surface area contributed by atoms with Crippen LogP contribution in [0.1, 0.15) is 63.7 Å². The topological polar surface area (TPSA) is 66.5 Å². The molecule has 0 radical (unpaired) electrons. The summed E-state index contributed by atoms with van der Waals surface area (Å²) >= 11 is 0. The Kier molecular flexibility index (Phi) is 6.19. The fourth-order valence-electron chi connectivity index (χ4n) is 5.36. The molecule has 4 rings (SSSR count). The van der Waals surface area contributed by atoms with Gasteiger partial charge in [-0.1, -0.05) is 27.7 Å². The average molecular weight is 427 g/mol. The van der Waals surface area contributed by atoms with Gasteiger partial charge in [0.05, 0.1) is 6.61 Å². The number of ketones is 1. The summed E-state index contributed by atoms with van der Waals surface area (Å²) in [5.74, 6) is 1.74. The lowest BCUT2D eigenvalue weighted by Gasteiger charge is -2.22. The van der Waals surface area contributed by atoms with Crippen LogP contribution in [-0.4, -0.2) is 36.7 Å². The fourth-order valence-corrected chi connectivity index (χ4v) is 5.36. The van der Waals surface area contributed by atoms with Crippen LogP contribution in [0, 0.1) is 22.7 Å². The first kappa shape index (κ1) is 22.3. The Hall–Kier alpha value is -1.85. The third-order valence-corrected chi connectivity index (χ3v) is 8.06. The lowest BCUT2D eigenvalue weighted by Crippen LogP contribution is -2.20. The van der Waals surface area contributed by atoms with Crippen molar-refractivity contribution in [3.63, 3.8) is 0 Å². The normalized spacial score (nSPS) is 20.8. The van der Waals surface area contributed by atoms with Gasteiger partial charge in [0.2, 0.25) is 0 Å². The number of rotatable bonds is 9. The van der Waals surface area contributed by atoms with Crippen LogP contribution in [0.3, 0.4) is 0 Å². The molecular weight excluding hydrogens is 388 g/mol. The van der Waals surface area contributed by atoms with Gasteiger partial charge in [0.15, 0.2) is 5.78 Å². The molecule has 0 spiro atoms. The maximum Gasteiger partial charge on any atom is 0.169 e. The first-order chi connectivity index (χ1) is 14.8. The number of Topliss-reactive ketones (excluding diaryl/α,β-unsaturated/α-hetero) is 1. The number of carbonyl (C=O) groups excluding carboxylic acids is 1. The van der Waals surface area contributed by atoms with Gasteiger partial charge >= 0.3 is 0 Å². The third-order valence-electron chi connectivity index (χ3n) is 8.06. The summed E-state index contributed by atoms with van der Waals surface area (Å²) < 4.78 is 13.8. The highest BCUT2D eigenvalue weighted by Crippen LogP contribution is 2.69. The van der Waals surface area contributed by atoms with Crippen molar-refractivity contribution in [2.75, 3.05) is 26.4 Å². The molecule has 1 aromatic heterocycles. The zero-order valence-electron chi connectivity index (χ0n) is 19.6. The highest BCUT2D eigenvalue weighted by atomic mass is 16.5. The van der Waals surface area contributed by atoms with E-state index in [1.165, 1.54) is 0 Å². The van der Waals surface area contributed by atoms with Crippen LogP contribution >= 0.6 is 0 Å². The van der Waals surface area contributed by atoms with E-state index in [1.807, 2.05) is 6.07 Å². The van der Waals surface area contributed by atoms with E-state index >= 15 is 0 Å². The van der Waals surface area contributed by atoms with Crippen molar-refractivity contribution in [3.05, 3.63) is 30.0 Å². The molecular formula is C26H38N2O3. The van der Waals surface area contributed by atoms with Gasteiger partial charge in [-0.3, -0.25) is 4.79 Å². The zero-order valence-corrected chi connectivity index (χ0v) is 19.6. The summed E-state index contributed by atoms with van der Waals surface area (Å²) in [5, 5.41) is 1.02. The number of ether oxygens (including phenoxy) is 2. The van der Waals surface area contributed by atoms with Gasteiger partial charge in [-0.15, -0.1) is 0 Å². The second kappa shape index (κ2) is 8.59. The summed E-state index contributed by atoms with van der Waals surface area (Å²) in [5.41, 5.74) is 7.61. The molecule has 2 aromatic rings. The Bertz CT molecular complexity index is 924. The number of unbranched alkanes of at least 4 members (excludes halogenated alkanes) is 1. The molecule has 2 aliphatic rings. The van der Waals surface area contributed by atoms with E-state index in [9.17, 15) is 4.79 Å². The van der Waals surface area contributed by atoms with Crippen LogP contribution < -0.4 is 10.5 Å². The minimum Gasteiger partial charge on any atom is -0.494 e. The van der Waals surface area contributed by atoms with Crippen molar-refractivity contribution in [2.45, 2.75) is 59.9 Å². The molecule has 5 heteroatoms. The van der Waals surface area contributed by atoms with Gasteiger partial charge in [-0.25, -0.2) is 0 Å². The molecule has 0 amide bonds. The van der Waals surface area contributed by atoms with Crippen molar-refractivity contribution >= 4 is 16.7 Å². The predicted molar refractivity (Wildman–Crippen MR) is 125 cm³/mol. The Morgan fingerprint density at radius 2 is 1.87 bits per heavy atom. The van der Waals surface area contributed by atoms with Crippen LogP contribution in [0.5, 0.6) is 5.75 Å². The minimum absolute atomic E-state index is 0.0234. The number of nitrogens with zero attached hydrogens (tertiary/aromatic N) is 1. The van der Waals surface area contributed by atoms with Crippen molar-refractivity contribution in [1.82, 2.24) is 4.57 Å². The van der Waals surface area contributed by atoms with Gasteiger partial charge < -0.3 is 19.8 Å². The van der Waals surface area contributed by atoms with Crippen molar-refractivity contribution in [1.29, 1.82) is 0 Å². The van der Waals surface area contributed by atoms with Crippen molar-refractivity contribution < 1.29 is 14.3 Å². The monoisotopic (exact) mass is 426 g/mol. The maximum atomic E-state index is 13.7. The lowest BCUT2D eigenvalue weighted by molar-refractivity contribution is 0.0616. The largest absolute Gasteiger partial charge is 0.494 e. The number of hydrogen-bond acceptors (Lipinski definition) is 4. The maximum absolute atomic E-state index is 13.7. The SMILES string of the molecule is CC1(C)C(C(=O)c2cn(CC3CCOCC3)c3ccc(OCCCCN)cc23)C1(C)C. The number of aromatic nitrogens is 1. The van der Waals surface area contributed by atoms with E-state index in [2.05, 4.69) is 50.6 Å². The summed E-state index contributed by atoms with van der Waals surface area (Å²) in [4.78, 5) is 13.7. The molecule has 5 nitrogen and oxygen atoms in total. The van der Waals surface area contributed by atoms with E-state index in [4.69, 9.17) is 15.2 Å². The fraction of sp³-hybridized carbons (Fsp3) is 0.654. The second-order valence-corrected chi connectivity index (χ2v) is 10.5. The molecule has 2 fully saturated rings. The number of carbonyl (C=O) groups is 1.